The van der Waals surface area contributed by atoms with Crippen LogP contribution >= 0.6 is 0 Å². The molecule has 0 aliphatic carbocycles. The van der Waals surface area contributed by atoms with Crippen molar-refractivity contribution in [2.24, 2.45) is 5.92 Å². The van der Waals surface area contributed by atoms with Gasteiger partial charge in [-0.2, -0.15) is 5.10 Å². The summed E-state index contributed by atoms with van der Waals surface area (Å²) in [6, 6.07) is 16.9. The molecule has 174 valence electrons. The Balaban J connectivity index is 1.26. The van der Waals surface area contributed by atoms with Crippen LogP contribution in [0, 0.1) is 26.7 Å². The third-order valence-electron chi connectivity index (χ3n) is 6.78. The van der Waals surface area contributed by atoms with Crippen LogP contribution in [0.5, 0.6) is 0 Å². The molecule has 0 spiro atoms. The summed E-state index contributed by atoms with van der Waals surface area (Å²) in [4.78, 5) is 19.7. The lowest BCUT2D eigenvalue weighted by molar-refractivity contribution is -0.125. The number of fused-ring (bicyclic) bond motifs is 1. The van der Waals surface area contributed by atoms with Gasteiger partial charge in [0.05, 0.1) is 5.69 Å². The van der Waals surface area contributed by atoms with Crippen LogP contribution in [0.3, 0.4) is 0 Å². The number of carbonyl (C=O) groups excluding carboxylic acids is 1. The van der Waals surface area contributed by atoms with Gasteiger partial charge in [-0.3, -0.25) is 4.79 Å². The number of hydrogen-bond donors (Lipinski definition) is 1. The number of anilines is 1. The summed E-state index contributed by atoms with van der Waals surface area (Å²) in [6.45, 7) is 8.49. The minimum atomic E-state index is 0.0390. The second-order valence-electron chi connectivity index (χ2n) is 9.39. The maximum Gasteiger partial charge on any atom is 0.223 e. The fourth-order valence-corrected chi connectivity index (χ4v) is 4.78. The lowest BCUT2D eigenvalue weighted by Crippen LogP contribution is -2.40. The van der Waals surface area contributed by atoms with Crippen LogP contribution in [-0.2, 0) is 11.3 Å². The average molecular weight is 454 g/mol. The van der Waals surface area contributed by atoms with E-state index in [1.807, 2.05) is 16.9 Å². The van der Waals surface area contributed by atoms with E-state index in [0.717, 1.165) is 54.1 Å². The Morgan fingerprint density at radius 2 is 1.74 bits per heavy atom. The van der Waals surface area contributed by atoms with Gasteiger partial charge in [0.25, 0.3) is 0 Å². The Morgan fingerprint density at radius 3 is 2.47 bits per heavy atom. The summed E-state index contributed by atoms with van der Waals surface area (Å²) in [5, 5.41) is 7.93. The number of carbonyl (C=O) groups is 1. The minimum absolute atomic E-state index is 0.0390. The Hall–Kier alpha value is -3.67. The zero-order chi connectivity index (χ0) is 23.7. The van der Waals surface area contributed by atoms with Crippen LogP contribution in [0.15, 0.2) is 60.9 Å². The smallest absolute Gasteiger partial charge is 0.223 e. The summed E-state index contributed by atoms with van der Waals surface area (Å²) >= 11 is 0. The van der Waals surface area contributed by atoms with Crippen molar-refractivity contribution in [2.75, 3.05) is 18.0 Å². The molecule has 1 saturated heterocycles. The van der Waals surface area contributed by atoms with E-state index in [9.17, 15) is 4.79 Å². The monoisotopic (exact) mass is 453 g/mol. The first kappa shape index (κ1) is 22.1. The van der Waals surface area contributed by atoms with Gasteiger partial charge in [-0.1, -0.05) is 53.6 Å². The van der Waals surface area contributed by atoms with Crippen molar-refractivity contribution in [3.05, 3.63) is 83.2 Å². The van der Waals surface area contributed by atoms with Crippen molar-refractivity contribution in [2.45, 2.75) is 40.2 Å². The highest BCUT2D eigenvalue weighted by Gasteiger charge is 2.26. The molecule has 1 aliphatic rings. The SMILES string of the molecule is Cc1ccc(CNC(=O)C2CCN(c3nccn4nc(-c5ccc(C)cc5C)cc34)CC2)cc1. The third kappa shape index (κ3) is 4.53. The van der Waals surface area contributed by atoms with E-state index in [-0.39, 0.29) is 11.8 Å². The largest absolute Gasteiger partial charge is 0.355 e. The summed E-state index contributed by atoms with van der Waals surface area (Å²) < 4.78 is 1.91. The van der Waals surface area contributed by atoms with Gasteiger partial charge in [-0.05, 0) is 50.8 Å². The lowest BCUT2D eigenvalue weighted by Gasteiger charge is -2.32. The zero-order valence-electron chi connectivity index (χ0n) is 20.1. The number of aromatic nitrogens is 3. The van der Waals surface area contributed by atoms with Gasteiger partial charge in [0, 0.05) is 43.5 Å². The van der Waals surface area contributed by atoms with Gasteiger partial charge in [-0.15, -0.1) is 0 Å². The minimum Gasteiger partial charge on any atom is -0.355 e. The highest BCUT2D eigenvalue weighted by molar-refractivity contribution is 5.80. The summed E-state index contributed by atoms with van der Waals surface area (Å²) in [5.74, 6) is 1.12. The molecule has 4 aromatic rings. The van der Waals surface area contributed by atoms with Gasteiger partial charge < -0.3 is 10.2 Å². The quantitative estimate of drug-likeness (QED) is 0.469. The number of benzene rings is 2. The summed E-state index contributed by atoms with van der Waals surface area (Å²) in [5.41, 5.74) is 7.92. The molecule has 0 atom stereocenters. The molecule has 6 heteroatoms. The highest BCUT2D eigenvalue weighted by atomic mass is 16.1. The van der Waals surface area contributed by atoms with Crippen molar-refractivity contribution < 1.29 is 4.79 Å². The molecule has 0 radical (unpaired) electrons. The molecular formula is C28H31N5O. The summed E-state index contributed by atoms with van der Waals surface area (Å²) in [7, 11) is 0. The van der Waals surface area contributed by atoms with Crippen molar-refractivity contribution in [1.82, 2.24) is 19.9 Å². The second-order valence-corrected chi connectivity index (χ2v) is 9.39. The van der Waals surface area contributed by atoms with Crippen LogP contribution in [0.25, 0.3) is 16.8 Å². The molecule has 34 heavy (non-hydrogen) atoms. The maximum atomic E-state index is 12.8. The third-order valence-corrected chi connectivity index (χ3v) is 6.78. The normalized spacial score (nSPS) is 14.5. The van der Waals surface area contributed by atoms with Gasteiger partial charge in [-0.25, -0.2) is 9.50 Å². The number of amides is 1. The fourth-order valence-electron chi connectivity index (χ4n) is 4.78. The van der Waals surface area contributed by atoms with E-state index >= 15 is 0 Å². The molecule has 3 heterocycles. The van der Waals surface area contributed by atoms with Crippen molar-refractivity contribution in [3.8, 4) is 11.3 Å². The lowest BCUT2D eigenvalue weighted by atomic mass is 9.95. The zero-order valence-corrected chi connectivity index (χ0v) is 20.1. The van der Waals surface area contributed by atoms with Gasteiger partial charge >= 0.3 is 0 Å². The molecular weight excluding hydrogens is 422 g/mol. The predicted molar refractivity (Wildman–Crippen MR) is 136 cm³/mol. The topological polar surface area (TPSA) is 62.5 Å². The van der Waals surface area contributed by atoms with Crippen molar-refractivity contribution in [3.63, 3.8) is 0 Å². The standard InChI is InChI=1S/C28H31N5O/c1-19-4-7-22(8-5-19)18-30-28(34)23-10-13-32(14-11-23)27-26-17-25(31-33(26)15-12-29-27)24-9-6-20(2)16-21(24)3/h4-9,12,15-17,23H,10-11,13-14,18H2,1-3H3,(H,30,34). The molecule has 1 fully saturated rings. The first-order valence-corrected chi connectivity index (χ1v) is 12.0. The van der Waals surface area contributed by atoms with Crippen molar-refractivity contribution >= 4 is 17.2 Å². The Bertz CT molecular complexity index is 1320. The van der Waals surface area contributed by atoms with Crippen LogP contribution in [0.4, 0.5) is 5.82 Å². The number of piperidine rings is 1. The Morgan fingerprint density at radius 1 is 1.00 bits per heavy atom. The van der Waals surface area contributed by atoms with Crippen LogP contribution < -0.4 is 10.2 Å². The number of hydrogen-bond acceptors (Lipinski definition) is 4. The van der Waals surface area contributed by atoms with E-state index in [2.05, 4.69) is 79.5 Å². The average Bonchev–Trinajstić information content (AvgIpc) is 3.28. The van der Waals surface area contributed by atoms with Crippen molar-refractivity contribution in [1.29, 1.82) is 0 Å². The van der Waals surface area contributed by atoms with Gasteiger partial charge in [0.15, 0.2) is 5.82 Å². The van der Waals surface area contributed by atoms with E-state index < -0.39 is 0 Å². The Labute approximate surface area is 200 Å². The molecule has 5 rings (SSSR count). The van der Waals surface area contributed by atoms with E-state index in [0.29, 0.717) is 6.54 Å². The fraction of sp³-hybridized carbons (Fsp3) is 0.321. The number of aryl methyl sites for hydroxylation is 3. The molecule has 0 bridgehead atoms. The van der Waals surface area contributed by atoms with E-state index in [1.165, 1.54) is 16.7 Å². The maximum absolute atomic E-state index is 12.8. The second kappa shape index (κ2) is 9.29. The highest BCUT2D eigenvalue weighted by Crippen LogP contribution is 2.30. The van der Waals surface area contributed by atoms with Crippen LogP contribution in [0.1, 0.15) is 35.1 Å². The van der Waals surface area contributed by atoms with Crippen LogP contribution in [-0.4, -0.2) is 33.6 Å². The molecule has 1 aliphatic heterocycles. The first-order chi connectivity index (χ1) is 16.5. The Kier molecular flexibility index (Phi) is 6.05. The van der Waals surface area contributed by atoms with E-state index in [1.54, 1.807) is 0 Å². The first-order valence-electron chi connectivity index (χ1n) is 12.0. The molecule has 1 amide bonds. The van der Waals surface area contributed by atoms with E-state index in [4.69, 9.17) is 10.1 Å². The van der Waals surface area contributed by atoms with Crippen LogP contribution in [0.2, 0.25) is 0 Å². The molecule has 2 aromatic carbocycles. The molecule has 2 aromatic heterocycles. The number of nitrogens with zero attached hydrogens (tertiary/aromatic N) is 4. The molecule has 6 nitrogen and oxygen atoms in total. The molecule has 0 saturated carbocycles. The van der Waals surface area contributed by atoms with Gasteiger partial charge in [0.2, 0.25) is 5.91 Å². The van der Waals surface area contributed by atoms with Gasteiger partial charge in [0.1, 0.15) is 5.52 Å². The number of rotatable bonds is 5. The number of nitrogens with one attached hydrogen (secondary N) is 1. The molecule has 0 unspecified atom stereocenters. The molecule has 1 N–H and O–H groups in total. The summed E-state index contributed by atoms with van der Waals surface area (Å²) in [6.07, 6.45) is 5.35. The predicted octanol–water partition coefficient (Wildman–Crippen LogP) is 4.85.